The average molecular weight is 305 g/mol. The van der Waals surface area contributed by atoms with Crippen LogP contribution in [0.4, 0.5) is 34.6 Å². The van der Waals surface area contributed by atoms with Crippen LogP contribution >= 0.6 is 11.6 Å². The van der Waals surface area contributed by atoms with E-state index in [1.165, 1.54) is 18.2 Å². The minimum Gasteiger partial charge on any atom is -0.397 e. The second-order valence-corrected chi connectivity index (χ2v) is 4.48. The zero-order chi connectivity index (χ0) is 14.9. The van der Waals surface area contributed by atoms with Crippen LogP contribution in [0.25, 0.3) is 0 Å². The Morgan fingerprint density at radius 1 is 1.00 bits per heavy atom. The summed E-state index contributed by atoms with van der Waals surface area (Å²) in [5.74, 6) is -0.569. The fourth-order valence-electron chi connectivity index (χ4n) is 1.65. The predicted octanol–water partition coefficient (Wildman–Crippen LogP) is 4.82. The number of nitrogens with one attached hydrogen (secondary N) is 1. The van der Waals surface area contributed by atoms with E-state index in [2.05, 4.69) is 5.32 Å². The van der Waals surface area contributed by atoms with E-state index in [0.717, 1.165) is 18.2 Å². The zero-order valence-corrected chi connectivity index (χ0v) is 10.7. The Labute approximate surface area is 117 Å². The number of alkyl halides is 3. The van der Waals surface area contributed by atoms with Crippen LogP contribution in [0.5, 0.6) is 0 Å². The molecule has 0 unspecified atom stereocenters. The molecular formula is C13H9ClF4N2. The van der Waals surface area contributed by atoms with Gasteiger partial charge in [-0.2, -0.15) is 13.2 Å². The third kappa shape index (κ3) is 3.14. The molecule has 0 saturated heterocycles. The van der Waals surface area contributed by atoms with Crippen molar-refractivity contribution in [2.45, 2.75) is 6.18 Å². The highest BCUT2D eigenvalue weighted by Gasteiger charge is 2.33. The predicted molar refractivity (Wildman–Crippen MR) is 70.5 cm³/mol. The van der Waals surface area contributed by atoms with Crippen molar-refractivity contribution in [2.24, 2.45) is 0 Å². The fourth-order valence-corrected chi connectivity index (χ4v) is 1.82. The summed E-state index contributed by atoms with van der Waals surface area (Å²) < 4.78 is 51.6. The largest absolute Gasteiger partial charge is 0.418 e. The lowest BCUT2D eigenvalue weighted by atomic mass is 10.1. The third-order valence-electron chi connectivity index (χ3n) is 2.57. The topological polar surface area (TPSA) is 38.0 Å². The Bertz CT molecular complexity index is 641. The molecule has 0 radical (unpaired) electrons. The lowest BCUT2D eigenvalue weighted by molar-refractivity contribution is -0.136. The van der Waals surface area contributed by atoms with E-state index in [0.29, 0.717) is 0 Å². The highest BCUT2D eigenvalue weighted by atomic mass is 35.5. The number of nitrogens with two attached hydrogens (primary N) is 1. The average Bonchev–Trinajstić information content (AvgIpc) is 2.33. The van der Waals surface area contributed by atoms with Crippen LogP contribution in [0.2, 0.25) is 5.02 Å². The summed E-state index contributed by atoms with van der Waals surface area (Å²) in [7, 11) is 0. The van der Waals surface area contributed by atoms with E-state index >= 15 is 0 Å². The standard InChI is InChI=1S/C13H9ClF4N2/c14-7-1-3-11(9(5-7)13(16,17)18)20-12-4-2-8(15)6-10(12)19/h1-6,20H,19H2. The van der Waals surface area contributed by atoms with Crippen LogP contribution in [0.3, 0.4) is 0 Å². The van der Waals surface area contributed by atoms with Gasteiger partial charge in [0.2, 0.25) is 0 Å². The van der Waals surface area contributed by atoms with Gasteiger partial charge in [0.15, 0.2) is 0 Å². The summed E-state index contributed by atoms with van der Waals surface area (Å²) in [4.78, 5) is 0. The smallest absolute Gasteiger partial charge is 0.397 e. The summed E-state index contributed by atoms with van der Waals surface area (Å²) >= 11 is 5.58. The van der Waals surface area contributed by atoms with Crippen LogP contribution in [0.15, 0.2) is 36.4 Å². The second-order valence-electron chi connectivity index (χ2n) is 4.04. The first kappa shape index (κ1) is 14.5. The number of hydrogen-bond acceptors (Lipinski definition) is 2. The molecule has 0 heterocycles. The highest BCUT2D eigenvalue weighted by Crippen LogP contribution is 2.38. The number of hydrogen-bond donors (Lipinski definition) is 2. The first-order chi connectivity index (χ1) is 9.27. The summed E-state index contributed by atoms with van der Waals surface area (Å²) in [5.41, 5.74) is 4.61. The van der Waals surface area contributed by atoms with E-state index < -0.39 is 17.6 Å². The van der Waals surface area contributed by atoms with E-state index in [1.807, 2.05) is 0 Å². The van der Waals surface area contributed by atoms with Crippen molar-refractivity contribution in [1.82, 2.24) is 0 Å². The van der Waals surface area contributed by atoms with E-state index in [1.54, 1.807) is 0 Å². The van der Waals surface area contributed by atoms with Crippen molar-refractivity contribution >= 4 is 28.7 Å². The minimum atomic E-state index is -4.57. The van der Waals surface area contributed by atoms with Crippen LogP contribution < -0.4 is 11.1 Å². The van der Waals surface area contributed by atoms with Gasteiger partial charge in [0, 0.05) is 5.02 Å². The molecule has 2 aromatic rings. The first-order valence-corrected chi connectivity index (χ1v) is 5.84. The van der Waals surface area contributed by atoms with Crippen molar-refractivity contribution in [3.8, 4) is 0 Å². The van der Waals surface area contributed by atoms with Crippen molar-refractivity contribution in [2.75, 3.05) is 11.1 Å². The van der Waals surface area contributed by atoms with Gasteiger partial charge < -0.3 is 11.1 Å². The van der Waals surface area contributed by atoms with Gasteiger partial charge in [-0.1, -0.05) is 11.6 Å². The van der Waals surface area contributed by atoms with E-state index in [-0.39, 0.29) is 22.1 Å². The van der Waals surface area contributed by atoms with Crippen LogP contribution in [0.1, 0.15) is 5.56 Å². The summed E-state index contributed by atoms with van der Waals surface area (Å²) in [6, 6.07) is 6.70. The molecule has 2 aromatic carbocycles. The molecule has 0 aliphatic rings. The fraction of sp³-hybridized carbons (Fsp3) is 0.0769. The van der Waals surface area contributed by atoms with Gasteiger partial charge in [0.05, 0.1) is 22.6 Å². The molecule has 0 spiro atoms. The van der Waals surface area contributed by atoms with Crippen molar-refractivity contribution in [3.05, 3.63) is 52.8 Å². The van der Waals surface area contributed by atoms with Crippen molar-refractivity contribution in [1.29, 1.82) is 0 Å². The number of benzene rings is 2. The highest BCUT2D eigenvalue weighted by molar-refractivity contribution is 6.30. The lowest BCUT2D eigenvalue weighted by Crippen LogP contribution is -2.09. The van der Waals surface area contributed by atoms with E-state index in [9.17, 15) is 17.6 Å². The van der Waals surface area contributed by atoms with Gasteiger partial charge in [-0.3, -0.25) is 0 Å². The molecule has 2 nitrogen and oxygen atoms in total. The van der Waals surface area contributed by atoms with Gasteiger partial charge in [-0.25, -0.2) is 4.39 Å². The first-order valence-electron chi connectivity index (χ1n) is 5.46. The summed E-state index contributed by atoms with van der Waals surface area (Å²) in [6.07, 6.45) is -4.57. The summed E-state index contributed by atoms with van der Waals surface area (Å²) in [5, 5.41) is 2.50. The maximum Gasteiger partial charge on any atom is 0.418 e. The molecule has 0 saturated carbocycles. The molecule has 0 bridgehead atoms. The number of nitrogen functional groups attached to an aromatic ring is 1. The van der Waals surface area contributed by atoms with Crippen molar-refractivity contribution in [3.63, 3.8) is 0 Å². The van der Waals surface area contributed by atoms with Crippen LogP contribution in [-0.2, 0) is 6.18 Å². The normalized spacial score (nSPS) is 11.4. The van der Waals surface area contributed by atoms with Crippen LogP contribution in [-0.4, -0.2) is 0 Å². The summed E-state index contributed by atoms with van der Waals surface area (Å²) in [6.45, 7) is 0. The second kappa shape index (κ2) is 5.20. The van der Waals surface area contributed by atoms with Gasteiger partial charge in [-0.05, 0) is 36.4 Å². The Morgan fingerprint density at radius 3 is 2.25 bits per heavy atom. The zero-order valence-electron chi connectivity index (χ0n) is 9.93. The maximum atomic E-state index is 12.9. The van der Waals surface area contributed by atoms with Crippen molar-refractivity contribution < 1.29 is 17.6 Å². The Morgan fingerprint density at radius 2 is 1.65 bits per heavy atom. The molecule has 0 atom stereocenters. The Kier molecular flexibility index (Phi) is 3.76. The molecule has 0 amide bonds. The molecular weight excluding hydrogens is 296 g/mol. The molecule has 106 valence electrons. The number of halogens is 5. The SMILES string of the molecule is Nc1cc(F)ccc1Nc1ccc(Cl)cc1C(F)(F)F. The van der Waals surface area contributed by atoms with Gasteiger partial charge in [0.1, 0.15) is 5.82 Å². The number of rotatable bonds is 2. The molecule has 7 heteroatoms. The molecule has 0 aliphatic carbocycles. The van der Waals surface area contributed by atoms with Gasteiger partial charge >= 0.3 is 6.18 Å². The molecule has 0 aliphatic heterocycles. The molecule has 2 rings (SSSR count). The van der Waals surface area contributed by atoms with Gasteiger partial charge in [0.25, 0.3) is 0 Å². The molecule has 20 heavy (non-hydrogen) atoms. The molecule has 3 N–H and O–H groups in total. The maximum absolute atomic E-state index is 12.9. The van der Waals surface area contributed by atoms with Gasteiger partial charge in [-0.15, -0.1) is 0 Å². The third-order valence-corrected chi connectivity index (χ3v) is 2.81. The lowest BCUT2D eigenvalue weighted by Gasteiger charge is -2.16. The molecule has 0 fully saturated rings. The quantitative estimate of drug-likeness (QED) is 0.616. The Balaban J connectivity index is 2.43. The molecule has 0 aromatic heterocycles. The number of anilines is 3. The Hall–Kier alpha value is -1.95. The van der Waals surface area contributed by atoms with E-state index in [4.69, 9.17) is 17.3 Å². The van der Waals surface area contributed by atoms with Crippen LogP contribution in [0, 0.1) is 5.82 Å². The monoisotopic (exact) mass is 304 g/mol. The minimum absolute atomic E-state index is 0.00748.